The molecule has 2 atom stereocenters. The zero-order valence-electron chi connectivity index (χ0n) is 16.7. The van der Waals surface area contributed by atoms with Crippen molar-refractivity contribution in [1.82, 2.24) is 5.32 Å². The van der Waals surface area contributed by atoms with Gasteiger partial charge in [-0.2, -0.15) is 0 Å². The second-order valence-electron chi connectivity index (χ2n) is 8.60. The Labute approximate surface area is 158 Å². The highest BCUT2D eigenvalue weighted by Gasteiger charge is 2.31. The van der Waals surface area contributed by atoms with Crippen LogP contribution in [0.25, 0.3) is 0 Å². The summed E-state index contributed by atoms with van der Waals surface area (Å²) in [5.41, 5.74) is 7.24. The molecule has 1 aromatic rings. The van der Waals surface area contributed by atoms with Crippen LogP contribution in [0.1, 0.15) is 64.9 Å². The summed E-state index contributed by atoms with van der Waals surface area (Å²) in [6.45, 7) is 6.42. The van der Waals surface area contributed by atoms with Crippen LogP contribution < -0.4 is 11.1 Å². The van der Waals surface area contributed by atoms with E-state index < -0.39 is 11.6 Å². The lowest BCUT2D eigenvalue weighted by molar-refractivity contribution is -0.158. The van der Waals surface area contributed by atoms with E-state index in [9.17, 15) is 4.79 Å². The van der Waals surface area contributed by atoms with E-state index in [1.807, 2.05) is 39.0 Å². The second kappa shape index (κ2) is 10.1. The van der Waals surface area contributed by atoms with E-state index in [-0.39, 0.29) is 12.0 Å². The Kier molecular flexibility index (Phi) is 8.11. The summed E-state index contributed by atoms with van der Waals surface area (Å²) in [6, 6.07) is 9.65. The van der Waals surface area contributed by atoms with Crippen molar-refractivity contribution in [3.8, 4) is 0 Å². The number of hydrogen-bond acceptors (Lipinski definition) is 4. The molecule has 1 fully saturated rings. The van der Waals surface area contributed by atoms with E-state index in [1.165, 1.54) is 37.7 Å². The summed E-state index contributed by atoms with van der Waals surface area (Å²) in [7, 11) is 0. The van der Waals surface area contributed by atoms with Gasteiger partial charge in [0.1, 0.15) is 11.6 Å². The number of rotatable bonds is 8. The van der Waals surface area contributed by atoms with Crippen molar-refractivity contribution in [3.05, 3.63) is 35.9 Å². The maximum absolute atomic E-state index is 12.7. The van der Waals surface area contributed by atoms with Crippen LogP contribution in [-0.2, 0) is 16.0 Å². The van der Waals surface area contributed by atoms with Crippen molar-refractivity contribution < 1.29 is 9.53 Å². The van der Waals surface area contributed by atoms with Crippen molar-refractivity contribution >= 4 is 5.97 Å². The summed E-state index contributed by atoms with van der Waals surface area (Å²) in [5.74, 6) is 0.411. The lowest BCUT2D eigenvalue weighted by Crippen LogP contribution is -2.53. The largest absolute Gasteiger partial charge is 0.459 e. The summed E-state index contributed by atoms with van der Waals surface area (Å²) in [4.78, 5) is 12.7. The van der Waals surface area contributed by atoms with Gasteiger partial charge in [-0.05, 0) is 45.1 Å². The first-order valence-electron chi connectivity index (χ1n) is 10.1. The van der Waals surface area contributed by atoms with Crippen LogP contribution in [0.15, 0.2) is 30.3 Å². The zero-order chi connectivity index (χ0) is 19.0. The number of esters is 1. The molecule has 1 aliphatic rings. The molecule has 3 N–H and O–H groups in total. The van der Waals surface area contributed by atoms with Crippen LogP contribution >= 0.6 is 0 Å². The highest BCUT2D eigenvalue weighted by Crippen LogP contribution is 2.27. The lowest BCUT2D eigenvalue weighted by atomic mass is 9.83. The highest BCUT2D eigenvalue weighted by molar-refractivity contribution is 5.77. The molecule has 1 aromatic carbocycles. The molecule has 2 rings (SSSR count). The number of hydrogen-bond donors (Lipinski definition) is 2. The molecule has 0 bridgehead atoms. The van der Waals surface area contributed by atoms with Gasteiger partial charge in [0.25, 0.3) is 0 Å². The van der Waals surface area contributed by atoms with Gasteiger partial charge in [0.15, 0.2) is 0 Å². The van der Waals surface area contributed by atoms with E-state index in [2.05, 4.69) is 17.4 Å². The van der Waals surface area contributed by atoms with E-state index >= 15 is 0 Å². The standard InChI is InChI=1S/C22H36N2O2/c1-22(2,3)26-21(25)20(19(23)16-18-12-8-5-9-13-18)24-15-14-17-10-6-4-7-11-17/h4,6-7,10-11,18-20,24H,5,8-9,12-16,23H2,1-3H3/t19-,20-/m0/s1. The van der Waals surface area contributed by atoms with E-state index in [0.717, 1.165) is 12.8 Å². The van der Waals surface area contributed by atoms with E-state index in [1.54, 1.807) is 0 Å². The molecular weight excluding hydrogens is 324 g/mol. The monoisotopic (exact) mass is 360 g/mol. The highest BCUT2D eigenvalue weighted by atomic mass is 16.6. The van der Waals surface area contributed by atoms with Crippen molar-refractivity contribution in [2.45, 2.75) is 83.4 Å². The SMILES string of the molecule is CC(C)(C)OC(=O)[C@@H](NCCc1ccccc1)[C@@H](N)CC1CCCCC1. The minimum atomic E-state index is -0.499. The Bertz CT molecular complexity index is 533. The van der Waals surface area contributed by atoms with Crippen LogP contribution in [0.2, 0.25) is 0 Å². The molecule has 0 heterocycles. The van der Waals surface area contributed by atoms with Crippen molar-refractivity contribution in [3.63, 3.8) is 0 Å². The molecule has 0 unspecified atom stereocenters. The molecule has 1 aliphatic carbocycles. The van der Waals surface area contributed by atoms with Crippen LogP contribution in [0, 0.1) is 5.92 Å². The fourth-order valence-electron chi connectivity index (χ4n) is 3.74. The third-order valence-electron chi connectivity index (χ3n) is 5.04. The minimum absolute atomic E-state index is 0.205. The fraction of sp³-hybridized carbons (Fsp3) is 0.682. The third-order valence-corrected chi connectivity index (χ3v) is 5.04. The van der Waals surface area contributed by atoms with Gasteiger partial charge in [0, 0.05) is 12.6 Å². The number of ether oxygens (including phenoxy) is 1. The first-order chi connectivity index (χ1) is 12.3. The molecule has 0 saturated heterocycles. The Morgan fingerprint density at radius 1 is 1.19 bits per heavy atom. The minimum Gasteiger partial charge on any atom is -0.459 e. The summed E-state index contributed by atoms with van der Waals surface area (Å²) in [6.07, 6.45) is 8.14. The Morgan fingerprint density at radius 3 is 2.46 bits per heavy atom. The summed E-state index contributed by atoms with van der Waals surface area (Å²) < 4.78 is 5.63. The average Bonchev–Trinajstić information content (AvgIpc) is 2.59. The van der Waals surface area contributed by atoms with Gasteiger partial charge >= 0.3 is 5.97 Å². The Balaban J connectivity index is 1.94. The maximum Gasteiger partial charge on any atom is 0.325 e. The van der Waals surface area contributed by atoms with Gasteiger partial charge in [0.05, 0.1) is 0 Å². The predicted octanol–water partition coefficient (Wildman–Crippen LogP) is 3.83. The molecule has 1 saturated carbocycles. The van der Waals surface area contributed by atoms with Gasteiger partial charge in [-0.3, -0.25) is 4.79 Å². The topological polar surface area (TPSA) is 64.3 Å². The van der Waals surface area contributed by atoms with E-state index in [4.69, 9.17) is 10.5 Å². The molecule has 0 radical (unpaired) electrons. The normalized spacial score (nSPS) is 18.3. The van der Waals surface area contributed by atoms with Gasteiger partial charge in [-0.25, -0.2) is 0 Å². The average molecular weight is 361 g/mol. The van der Waals surface area contributed by atoms with Gasteiger partial charge in [0.2, 0.25) is 0 Å². The number of benzene rings is 1. The molecule has 26 heavy (non-hydrogen) atoms. The predicted molar refractivity (Wildman–Crippen MR) is 107 cm³/mol. The molecule has 0 aromatic heterocycles. The Hall–Kier alpha value is -1.39. The fourth-order valence-corrected chi connectivity index (χ4v) is 3.74. The molecule has 146 valence electrons. The molecular formula is C22H36N2O2. The Morgan fingerprint density at radius 2 is 1.85 bits per heavy atom. The van der Waals surface area contributed by atoms with Gasteiger partial charge in [-0.1, -0.05) is 62.4 Å². The lowest BCUT2D eigenvalue weighted by Gasteiger charge is -2.31. The first-order valence-corrected chi connectivity index (χ1v) is 10.1. The van der Waals surface area contributed by atoms with Gasteiger partial charge in [-0.15, -0.1) is 0 Å². The van der Waals surface area contributed by atoms with Crippen LogP contribution in [0.4, 0.5) is 0 Å². The van der Waals surface area contributed by atoms with Gasteiger partial charge < -0.3 is 15.8 Å². The molecule has 4 nitrogen and oxygen atoms in total. The maximum atomic E-state index is 12.7. The second-order valence-corrected chi connectivity index (χ2v) is 8.60. The van der Waals surface area contributed by atoms with Crippen LogP contribution in [0.3, 0.4) is 0 Å². The third kappa shape index (κ3) is 7.46. The number of carbonyl (C=O) groups is 1. The van der Waals surface area contributed by atoms with E-state index in [0.29, 0.717) is 12.5 Å². The molecule has 0 amide bonds. The number of carbonyl (C=O) groups excluding carboxylic acids is 1. The summed E-state index contributed by atoms with van der Waals surface area (Å²) in [5, 5.41) is 3.38. The number of nitrogens with two attached hydrogens (primary N) is 1. The smallest absolute Gasteiger partial charge is 0.325 e. The van der Waals surface area contributed by atoms with Crippen LogP contribution in [0.5, 0.6) is 0 Å². The van der Waals surface area contributed by atoms with Crippen molar-refractivity contribution in [2.24, 2.45) is 11.7 Å². The molecule has 0 spiro atoms. The summed E-state index contributed by atoms with van der Waals surface area (Å²) >= 11 is 0. The first kappa shape index (κ1) is 20.9. The van der Waals surface area contributed by atoms with Crippen LogP contribution in [-0.4, -0.2) is 30.2 Å². The van der Waals surface area contributed by atoms with Crippen molar-refractivity contribution in [2.75, 3.05) is 6.54 Å². The zero-order valence-corrected chi connectivity index (χ0v) is 16.7. The molecule has 4 heteroatoms. The molecule has 0 aliphatic heterocycles. The van der Waals surface area contributed by atoms with Crippen molar-refractivity contribution in [1.29, 1.82) is 0 Å². The quantitative estimate of drug-likeness (QED) is 0.692. The number of nitrogens with one attached hydrogen (secondary N) is 1.